The fourth-order valence-corrected chi connectivity index (χ4v) is 7.29. The molecule has 0 heterocycles. The minimum atomic E-state index is -1.16. The first-order valence-electron chi connectivity index (χ1n) is 20.8. The number of esters is 2. The lowest BCUT2D eigenvalue weighted by atomic mass is 9.97. The van der Waals surface area contributed by atoms with E-state index in [0.717, 1.165) is 54.2 Å². The standard InChI is InChI=1S/C33H22O5.C20H22N2O5/c34-25(19-37-32(35)30-26-13-5-1-9-21(26)17-22-10-2-6-14-27(22)30)20-38-33(36)31-28-15-7-3-11-23(28)18-24-12-4-8-16-29(24)31;1-14(19(24)25)21-18(23)17(12-15-8-4-2-5-9-15)22-20(26)27-13-16-10-6-3-7-11-16/h1-18H,19-20H2;2-11,14,17H,12-13H2,1H3,(H,21,23)(H,22,26)(H,24,25)/t;14-,17-/m.0/s1. The highest BCUT2D eigenvalue weighted by molar-refractivity contribution is 6.18. The number of nitrogens with one attached hydrogen (secondary N) is 2. The quantitative estimate of drug-likeness (QED) is 0.0544. The van der Waals surface area contributed by atoms with Gasteiger partial charge in [0.05, 0.1) is 11.1 Å². The van der Waals surface area contributed by atoms with Gasteiger partial charge in [0.2, 0.25) is 11.7 Å². The summed E-state index contributed by atoms with van der Waals surface area (Å²) in [4.78, 5) is 74.4. The van der Waals surface area contributed by atoms with Gasteiger partial charge in [0.15, 0.2) is 13.2 Å². The second-order valence-corrected chi connectivity index (χ2v) is 15.1. The van der Waals surface area contributed by atoms with Gasteiger partial charge in [-0.2, -0.15) is 0 Å². The molecule has 8 rings (SSSR count). The van der Waals surface area contributed by atoms with Gasteiger partial charge in [0.25, 0.3) is 0 Å². The number of hydrogen-bond donors (Lipinski definition) is 3. The van der Waals surface area contributed by atoms with Crippen LogP contribution in [0.5, 0.6) is 0 Å². The van der Waals surface area contributed by atoms with Crippen LogP contribution in [0.15, 0.2) is 170 Å². The molecular weight excluding hydrogens is 825 g/mol. The number of Topliss-reactive ketones (excluding diaryl/α,β-unsaturated/α-hetero) is 1. The zero-order valence-electron chi connectivity index (χ0n) is 35.3. The van der Waals surface area contributed by atoms with Crippen LogP contribution in [0.4, 0.5) is 4.79 Å². The predicted molar refractivity (Wildman–Crippen MR) is 247 cm³/mol. The van der Waals surface area contributed by atoms with Crippen molar-refractivity contribution >= 4 is 78.8 Å². The maximum absolute atomic E-state index is 13.1. The van der Waals surface area contributed by atoms with Crippen molar-refractivity contribution in [3.63, 3.8) is 0 Å². The van der Waals surface area contributed by atoms with Crippen LogP contribution >= 0.6 is 0 Å². The number of carbonyl (C=O) groups is 6. The highest BCUT2D eigenvalue weighted by atomic mass is 16.6. The number of benzene rings is 8. The predicted octanol–water partition coefficient (Wildman–Crippen LogP) is 9.00. The third kappa shape index (κ3) is 11.4. The van der Waals surface area contributed by atoms with Crippen LogP contribution < -0.4 is 10.6 Å². The first kappa shape index (κ1) is 44.7. The van der Waals surface area contributed by atoms with E-state index in [4.69, 9.17) is 19.3 Å². The summed E-state index contributed by atoms with van der Waals surface area (Å²) < 4.78 is 16.0. The minimum Gasteiger partial charge on any atom is -0.480 e. The number of amides is 2. The van der Waals surface area contributed by atoms with Crippen molar-refractivity contribution in [1.29, 1.82) is 0 Å². The molecule has 0 aliphatic heterocycles. The van der Waals surface area contributed by atoms with E-state index in [9.17, 15) is 28.8 Å². The van der Waals surface area contributed by atoms with E-state index in [1.807, 2.05) is 170 Å². The molecule has 0 saturated carbocycles. The first-order valence-corrected chi connectivity index (χ1v) is 20.8. The molecule has 0 unspecified atom stereocenters. The SMILES string of the molecule is C[C@H](NC(=O)[C@H](Cc1ccccc1)NC(=O)OCc1ccccc1)C(=O)O.O=C(COC(=O)c1c2ccccc2cc2ccccc12)COC(=O)c1c2ccccc2cc2ccccc12. The zero-order valence-corrected chi connectivity index (χ0v) is 35.3. The van der Waals surface area contributed by atoms with Gasteiger partial charge in [-0.3, -0.25) is 14.4 Å². The first-order chi connectivity index (χ1) is 31.5. The van der Waals surface area contributed by atoms with Gasteiger partial charge in [-0.25, -0.2) is 14.4 Å². The maximum atomic E-state index is 13.1. The molecule has 8 aromatic carbocycles. The molecular formula is C53H44N2O10. The molecule has 0 fully saturated rings. The van der Waals surface area contributed by atoms with Gasteiger partial charge in [0.1, 0.15) is 18.7 Å². The van der Waals surface area contributed by atoms with Gasteiger partial charge in [-0.1, -0.05) is 158 Å². The summed E-state index contributed by atoms with van der Waals surface area (Å²) in [6.07, 6.45) is -0.544. The molecule has 0 radical (unpaired) electrons. The fraction of sp³-hybridized carbons (Fsp3) is 0.132. The Bertz CT molecular complexity index is 2780. The van der Waals surface area contributed by atoms with Crippen LogP contribution in [0, 0.1) is 0 Å². The highest BCUT2D eigenvalue weighted by Gasteiger charge is 2.25. The lowest BCUT2D eigenvalue weighted by Gasteiger charge is -2.20. The Morgan fingerprint density at radius 3 is 1.29 bits per heavy atom. The monoisotopic (exact) mass is 868 g/mol. The summed E-state index contributed by atoms with van der Waals surface area (Å²) in [5.41, 5.74) is 2.46. The van der Waals surface area contributed by atoms with Gasteiger partial charge < -0.3 is 30.0 Å². The number of ketones is 1. The van der Waals surface area contributed by atoms with Gasteiger partial charge >= 0.3 is 24.0 Å². The van der Waals surface area contributed by atoms with E-state index in [1.54, 1.807) is 0 Å². The second-order valence-electron chi connectivity index (χ2n) is 15.1. The largest absolute Gasteiger partial charge is 0.480 e. The van der Waals surface area contributed by atoms with Crippen molar-refractivity contribution < 1.29 is 48.1 Å². The van der Waals surface area contributed by atoms with Crippen molar-refractivity contribution in [2.24, 2.45) is 0 Å². The van der Waals surface area contributed by atoms with Crippen LogP contribution in [0.25, 0.3) is 43.1 Å². The van der Waals surface area contributed by atoms with Gasteiger partial charge in [-0.15, -0.1) is 0 Å². The van der Waals surface area contributed by atoms with Crippen LogP contribution in [0.3, 0.4) is 0 Å². The zero-order chi connectivity index (χ0) is 45.7. The molecule has 0 spiro atoms. The van der Waals surface area contributed by atoms with E-state index in [-0.39, 0.29) is 13.0 Å². The number of fused-ring (bicyclic) bond motifs is 4. The Labute approximate surface area is 373 Å². The van der Waals surface area contributed by atoms with E-state index in [0.29, 0.717) is 11.1 Å². The molecule has 8 aromatic rings. The molecule has 2 amide bonds. The number of aliphatic carboxylic acids is 1. The van der Waals surface area contributed by atoms with E-state index in [1.165, 1.54) is 6.92 Å². The van der Waals surface area contributed by atoms with Gasteiger partial charge in [-0.05, 0) is 73.3 Å². The molecule has 326 valence electrons. The normalized spacial score (nSPS) is 11.7. The third-order valence-electron chi connectivity index (χ3n) is 10.5. The smallest absolute Gasteiger partial charge is 0.408 e. The van der Waals surface area contributed by atoms with E-state index in [2.05, 4.69) is 10.6 Å². The molecule has 65 heavy (non-hydrogen) atoms. The van der Waals surface area contributed by atoms with E-state index < -0.39 is 61.0 Å². The molecule has 0 aromatic heterocycles. The minimum absolute atomic E-state index is 0.0673. The molecule has 0 saturated heterocycles. The van der Waals surface area contributed by atoms with Crippen LogP contribution in [0.1, 0.15) is 38.8 Å². The molecule has 0 aliphatic rings. The number of ether oxygens (including phenoxy) is 3. The van der Waals surface area contributed by atoms with Crippen molar-refractivity contribution in [2.45, 2.75) is 32.0 Å². The summed E-state index contributed by atoms with van der Waals surface area (Å²) in [5, 5.41) is 20.5. The summed E-state index contributed by atoms with van der Waals surface area (Å²) >= 11 is 0. The Morgan fingerprint density at radius 1 is 0.492 bits per heavy atom. The molecule has 12 heteroatoms. The molecule has 2 atom stereocenters. The van der Waals surface area contributed by atoms with Crippen molar-refractivity contribution in [1.82, 2.24) is 10.6 Å². The average Bonchev–Trinajstić information content (AvgIpc) is 3.33. The Morgan fingerprint density at radius 2 is 0.877 bits per heavy atom. The Kier molecular flexibility index (Phi) is 14.5. The number of rotatable bonds is 14. The average molecular weight is 869 g/mol. The van der Waals surface area contributed by atoms with Crippen molar-refractivity contribution in [3.8, 4) is 0 Å². The van der Waals surface area contributed by atoms with Crippen LogP contribution in [-0.4, -0.2) is 66.1 Å². The number of carbonyl (C=O) groups excluding carboxylic acids is 5. The fourth-order valence-electron chi connectivity index (χ4n) is 7.29. The van der Waals surface area contributed by atoms with Crippen LogP contribution in [0.2, 0.25) is 0 Å². The van der Waals surface area contributed by atoms with E-state index >= 15 is 0 Å². The summed E-state index contributed by atoms with van der Waals surface area (Å²) in [5.74, 6) is -3.46. The third-order valence-corrected chi connectivity index (χ3v) is 10.5. The van der Waals surface area contributed by atoms with Gasteiger partial charge in [0, 0.05) is 6.42 Å². The molecule has 0 bridgehead atoms. The second kappa shape index (κ2) is 21.1. The lowest BCUT2D eigenvalue weighted by Crippen LogP contribution is -2.51. The summed E-state index contributed by atoms with van der Waals surface area (Å²) in [6.45, 7) is 0.422. The molecule has 12 nitrogen and oxygen atoms in total. The lowest BCUT2D eigenvalue weighted by molar-refractivity contribution is -0.141. The summed E-state index contributed by atoms with van der Waals surface area (Å²) in [7, 11) is 0. The topological polar surface area (TPSA) is 174 Å². The van der Waals surface area contributed by atoms with Crippen molar-refractivity contribution in [2.75, 3.05) is 13.2 Å². The molecule has 0 aliphatic carbocycles. The van der Waals surface area contributed by atoms with Crippen molar-refractivity contribution in [3.05, 3.63) is 192 Å². The number of carboxylic acid groups (broad SMARTS) is 1. The Hall–Kier alpha value is -8.38. The number of hydrogen-bond acceptors (Lipinski definition) is 9. The number of alkyl carbamates (subject to hydrolysis) is 1. The van der Waals surface area contributed by atoms with Crippen LogP contribution in [-0.2, 0) is 41.6 Å². The number of carboxylic acids is 1. The highest BCUT2D eigenvalue weighted by Crippen LogP contribution is 2.30. The summed E-state index contributed by atoms with van der Waals surface area (Å²) in [6, 6.07) is 50.5. The molecule has 3 N–H and O–H groups in total. The Balaban J connectivity index is 0.000000207. The maximum Gasteiger partial charge on any atom is 0.408 e.